The van der Waals surface area contributed by atoms with Crippen molar-refractivity contribution >= 4 is 5.78 Å². The third-order valence-corrected chi connectivity index (χ3v) is 5.70. The van der Waals surface area contributed by atoms with E-state index in [-0.39, 0.29) is 16.9 Å². The summed E-state index contributed by atoms with van der Waals surface area (Å²) in [5.74, 6) is 7.15. The van der Waals surface area contributed by atoms with Crippen LogP contribution in [0.1, 0.15) is 81.5 Å². The summed E-state index contributed by atoms with van der Waals surface area (Å²) in [6.07, 6.45) is 3.80. The number of benzene rings is 2. The van der Waals surface area contributed by atoms with Crippen molar-refractivity contribution in [3.8, 4) is 11.8 Å². The molecule has 152 valence electrons. The van der Waals surface area contributed by atoms with Crippen LogP contribution >= 0.6 is 0 Å². The van der Waals surface area contributed by atoms with E-state index < -0.39 is 0 Å². The van der Waals surface area contributed by atoms with Gasteiger partial charge in [0.25, 0.3) is 0 Å². The molecule has 0 spiro atoms. The third-order valence-electron chi connectivity index (χ3n) is 5.70. The second kappa shape index (κ2) is 8.56. The summed E-state index contributed by atoms with van der Waals surface area (Å²) in [6, 6.07) is 16.6. The van der Waals surface area contributed by atoms with E-state index in [4.69, 9.17) is 5.73 Å². The predicted molar refractivity (Wildman–Crippen MR) is 121 cm³/mol. The Kier molecular flexibility index (Phi) is 6.30. The lowest BCUT2D eigenvalue weighted by Crippen LogP contribution is -2.37. The first-order valence-corrected chi connectivity index (χ1v) is 10.6. The summed E-state index contributed by atoms with van der Waals surface area (Å²) in [5, 5.41) is 0. The molecule has 2 nitrogen and oxygen atoms in total. The first-order valence-electron chi connectivity index (χ1n) is 10.6. The van der Waals surface area contributed by atoms with Gasteiger partial charge in [-0.15, -0.1) is 0 Å². The van der Waals surface area contributed by atoms with Gasteiger partial charge in [0.15, 0.2) is 0 Å². The monoisotopic (exact) mass is 387 g/mol. The molecule has 2 aromatic carbocycles. The largest absolute Gasteiger partial charge is 0.326 e. The quantitative estimate of drug-likeness (QED) is 0.627. The Bertz CT molecular complexity index is 937. The van der Waals surface area contributed by atoms with Crippen molar-refractivity contribution in [2.75, 3.05) is 0 Å². The van der Waals surface area contributed by atoms with Crippen molar-refractivity contribution in [3.63, 3.8) is 0 Å². The van der Waals surface area contributed by atoms with Gasteiger partial charge in [0, 0.05) is 29.5 Å². The molecule has 1 aliphatic rings. The van der Waals surface area contributed by atoms with Crippen LogP contribution in [0.4, 0.5) is 0 Å². The maximum atomic E-state index is 13.0. The van der Waals surface area contributed by atoms with E-state index >= 15 is 0 Å². The van der Waals surface area contributed by atoms with Crippen molar-refractivity contribution in [1.82, 2.24) is 0 Å². The molecule has 3 rings (SSSR count). The summed E-state index contributed by atoms with van der Waals surface area (Å²) >= 11 is 0. The lowest BCUT2D eigenvalue weighted by Gasteiger charge is -2.32. The maximum Gasteiger partial charge on any atom is 0.133 e. The molecule has 0 saturated carbocycles. The molecule has 0 fully saturated rings. The highest BCUT2D eigenvalue weighted by Gasteiger charge is 2.27. The molecule has 0 radical (unpaired) electrons. The average molecular weight is 388 g/mol. The lowest BCUT2D eigenvalue weighted by atomic mass is 9.76. The van der Waals surface area contributed by atoms with Crippen LogP contribution in [-0.4, -0.2) is 11.3 Å². The van der Waals surface area contributed by atoms with Gasteiger partial charge in [-0.3, -0.25) is 4.79 Å². The van der Waals surface area contributed by atoms with Gasteiger partial charge in [-0.2, -0.15) is 0 Å². The fraction of sp³-hybridized carbons (Fsp3) is 0.444. The average Bonchev–Trinajstić information content (AvgIpc) is 2.62. The van der Waals surface area contributed by atoms with E-state index in [0.29, 0.717) is 18.6 Å². The molecule has 0 saturated heterocycles. The molecule has 2 aromatic rings. The van der Waals surface area contributed by atoms with Gasteiger partial charge >= 0.3 is 0 Å². The van der Waals surface area contributed by atoms with Gasteiger partial charge in [-0.25, -0.2) is 0 Å². The maximum absolute atomic E-state index is 13.0. The first-order chi connectivity index (χ1) is 13.6. The standard InChI is InChI=1S/C27H33NO/c1-26(2,19-27(3,4)28)16-15-24(29)18-23-17-22-11-6-5-9-20(22)13-14-21-10-7-8-12-25(21)23/h5-12,23H,15-19,28H2,1-4H3. The predicted octanol–water partition coefficient (Wildman–Crippen LogP) is 5.62. The Morgan fingerprint density at radius 3 is 2.34 bits per heavy atom. The van der Waals surface area contributed by atoms with Crippen LogP contribution in [0.3, 0.4) is 0 Å². The minimum absolute atomic E-state index is 0.0603. The fourth-order valence-corrected chi connectivity index (χ4v) is 4.66. The molecule has 1 aliphatic carbocycles. The third kappa shape index (κ3) is 6.05. The molecule has 1 unspecified atom stereocenters. The highest BCUT2D eigenvalue weighted by atomic mass is 16.1. The van der Waals surface area contributed by atoms with E-state index in [1.165, 1.54) is 11.1 Å². The Labute approximate surface area is 175 Å². The number of ketones is 1. The summed E-state index contributed by atoms with van der Waals surface area (Å²) in [4.78, 5) is 13.0. The fourth-order valence-electron chi connectivity index (χ4n) is 4.66. The van der Waals surface area contributed by atoms with E-state index in [9.17, 15) is 4.79 Å². The molecule has 2 N–H and O–H groups in total. The number of hydrogen-bond donors (Lipinski definition) is 1. The number of hydrogen-bond acceptors (Lipinski definition) is 2. The van der Waals surface area contributed by atoms with E-state index in [1.54, 1.807) is 0 Å². The second-order valence-corrected chi connectivity index (χ2v) is 9.97. The Morgan fingerprint density at radius 2 is 1.62 bits per heavy atom. The highest BCUT2D eigenvalue weighted by Crippen LogP contribution is 2.34. The van der Waals surface area contributed by atoms with Crippen molar-refractivity contribution in [2.45, 2.75) is 71.3 Å². The van der Waals surface area contributed by atoms with Crippen LogP contribution in [-0.2, 0) is 11.2 Å². The van der Waals surface area contributed by atoms with Crippen LogP contribution in [0, 0.1) is 17.3 Å². The number of carbonyl (C=O) groups is 1. The molecule has 1 atom stereocenters. The second-order valence-electron chi connectivity index (χ2n) is 9.97. The molecule has 0 bridgehead atoms. The SMILES string of the molecule is CC(C)(N)CC(C)(C)CCC(=O)CC1Cc2ccccc2C#Cc2ccccc21. The van der Waals surface area contributed by atoms with Gasteiger partial charge < -0.3 is 5.73 Å². The Morgan fingerprint density at radius 1 is 1.00 bits per heavy atom. The van der Waals surface area contributed by atoms with Crippen LogP contribution in [0.2, 0.25) is 0 Å². The van der Waals surface area contributed by atoms with Crippen molar-refractivity contribution in [3.05, 3.63) is 70.8 Å². The molecular formula is C27H33NO. The van der Waals surface area contributed by atoms with E-state index in [2.05, 4.69) is 75.9 Å². The van der Waals surface area contributed by atoms with Crippen molar-refractivity contribution in [2.24, 2.45) is 11.1 Å². The van der Waals surface area contributed by atoms with Gasteiger partial charge in [-0.1, -0.05) is 62.1 Å². The summed E-state index contributed by atoms with van der Waals surface area (Å²) in [6.45, 7) is 8.54. The molecule has 0 aliphatic heterocycles. The molecule has 2 heteroatoms. The van der Waals surface area contributed by atoms with E-state index in [1.807, 2.05) is 12.1 Å². The summed E-state index contributed by atoms with van der Waals surface area (Å²) in [5.41, 5.74) is 10.6. The van der Waals surface area contributed by atoms with Crippen LogP contribution < -0.4 is 5.73 Å². The van der Waals surface area contributed by atoms with Gasteiger partial charge in [0.05, 0.1) is 0 Å². The molecule has 29 heavy (non-hydrogen) atoms. The Balaban J connectivity index is 1.76. The van der Waals surface area contributed by atoms with Crippen LogP contribution in [0.15, 0.2) is 48.5 Å². The normalized spacial score (nSPS) is 16.0. The lowest BCUT2D eigenvalue weighted by molar-refractivity contribution is -0.120. The molecule has 0 aromatic heterocycles. The summed E-state index contributed by atoms with van der Waals surface area (Å²) in [7, 11) is 0. The van der Waals surface area contributed by atoms with Crippen molar-refractivity contribution in [1.29, 1.82) is 0 Å². The molecule has 0 heterocycles. The summed E-state index contributed by atoms with van der Waals surface area (Å²) < 4.78 is 0. The molecule has 0 amide bonds. The minimum atomic E-state index is -0.215. The van der Waals surface area contributed by atoms with Gasteiger partial charge in [0.1, 0.15) is 5.78 Å². The zero-order chi connectivity index (χ0) is 21.1. The Hall–Kier alpha value is -2.37. The number of carbonyl (C=O) groups excluding carboxylic acids is 1. The first kappa shape index (κ1) is 21.3. The number of Topliss-reactive ketones (excluding diaryl/α,β-unsaturated/α-hetero) is 1. The zero-order valence-corrected chi connectivity index (χ0v) is 18.2. The van der Waals surface area contributed by atoms with Gasteiger partial charge in [0.2, 0.25) is 0 Å². The van der Waals surface area contributed by atoms with Gasteiger partial charge in [-0.05, 0) is 67.7 Å². The van der Waals surface area contributed by atoms with E-state index in [0.717, 1.165) is 30.4 Å². The van der Waals surface area contributed by atoms with Crippen LogP contribution in [0.5, 0.6) is 0 Å². The minimum Gasteiger partial charge on any atom is -0.326 e. The van der Waals surface area contributed by atoms with Crippen LogP contribution in [0.25, 0.3) is 0 Å². The number of fused-ring (bicyclic) bond motifs is 2. The highest BCUT2D eigenvalue weighted by molar-refractivity contribution is 5.79. The number of nitrogens with two attached hydrogens (primary N) is 1. The topological polar surface area (TPSA) is 43.1 Å². The zero-order valence-electron chi connectivity index (χ0n) is 18.2. The molecular weight excluding hydrogens is 354 g/mol. The smallest absolute Gasteiger partial charge is 0.133 e. The van der Waals surface area contributed by atoms with Crippen molar-refractivity contribution < 1.29 is 4.79 Å². The number of rotatable bonds is 7.